The second-order valence-corrected chi connectivity index (χ2v) is 6.24. The van der Waals surface area contributed by atoms with Crippen LogP contribution in [0, 0.1) is 11.8 Å². The highest BCUT2D eigenvalue weighted by atomic mass is 15.1. The Morgan fingerprint density at radius 3 is 2.06 bits per heavy atom. The summed E-state index contributed by atoms with van der Waals surface area (Å²) in [5.41, 5.74) is 6.03. The maximum atomic E-state index is 6.03. The molecule has 1 rings (SSSR count). The van der Waals surface area contributed by atoms with Crippen LogP contribution in [0.2, 0.25) is 0 Å². The Morgan fingerprint density at radius 1 is 1.06 bits per heavy atom. The molecule has 0 radical (unpaired) electrons. The van der Waals surface area contributed by atoms with Crippen LogP contribution in [0.1, 0.15) is 58.8 Å². The van der Waals surface area contributed by atoms with Gasteiger partial charge in [0.1, 0.15) is 0 Å². The smallest absolute Gasteiger partial charge is 0.0243 e. The zero-order valence-electron chi connectivity index (χ0n) is 12.1. The van der Waals surface area contributed by atoms with Crippen molar-refractivity contribution in [3.8, 4) is 0 Å². The molecule has 2 nitrogen and oxygen atoms in total. The molecular formula is C15H32N2. The number of likely N-dealkylation sites (N-methyl/N-ethyl adjacent to an activating group) is 1. The third kappa shape index (κ3) is 5.39. The van der Waals surface area contributed by atoms with Crippen LogP contribution in [0.4, 0.5) is 0 Å². The molecule has 1 aliphatic rings. The molecule has 0 saturated heterocycles. The lowest BCUT2D eigenvalue weighted by atomic mass is 9.85. The van der Waals surface area contributed by atoms with Crippen molar-refractivity contribution < 1.29 is 0 Å². The fourth-order valence-electron chi connectivity index (χ4n) is 3.32. The molecule has 0 aliphatic heterocycles. The van der Waals surface area contributed by atoms with Gasteiger partial charge >= 0.3 is 0 Å². The normalized spacial score (nSPS) is 21.5. The average molecular weight is 240 g/mol. The summed E-state index contributed by atoms with van der Waals surface area (Å²) in [5, 5.41) is 0. The van der Waals surface area contributed by atoms with Gasteiger partial charge < -0.3 is 10.6 Å². The van der Waals surface area contributed by atoms with Gasteiger partial charge in [0, 0.05) is 19.1 Å². The number of hydrogen-bond donors (Lipinski definition) is 1. The number of hydrogen-bond acceptors (Lipinski definition) is 2. The largest absolute Gasteiger partial charge is 0.329 e. The summed E-state index contributed by atoms with van der Waals surface area (Å²) in [5.74, 6) is 1.58. The van der Waals surface area contributed by atoms with Gasteiger partial charge in [0.25, 0.3) is 0 Å². The zero-order chi connectivity index (χ0) is 12.7. The van der Waals surface area contributed by atoms with E-state index < -0.39 is 0 Å². The minimum Gasteiger partial charge on any atom is -0.329 e. The van der Waals surface area contributed by atoms with E-state index in [0.717, 1.165) is 18.4 Å². The molecule has 1 saturated carbocycles. The summed E-state index contributed by atoms with van der Waals surface area (Å²) in [6, 6.07) is 0.607. The summed E-state index contributed by atoms with van der Waals surface area (Å²) >= 11 is 0. The molecule has 0 bridgehead atoms. The van der Waals surface area contributed by atoms with E-state index in [2.05, 4.69) is 25.8 Å². The van der Waals surface area contributed by atoms with Crippen LogP contribution in [-0.4, -0.2) is 31.1 Å². The van der Waals surface area contributed by atoms with Crippen molar-refractivity contribution in [3.63, 3.8) is 0 Å². The Labute approximate surface area is 108 Å². The highest BCUT2D eigenvalue weighted by Gasteiger charge is 2.24. The number of rotatable bonds is 5. The van der Waals surface area contributed by atoms with Crippen molar-refractivity contribution in [2.75, 3.05) is 20.1 Å². The third-order valence-electron chi connectivity index (χ3n) is 4.15. The van der Waals surface area contributed by atoms with Crippen molar-refractivity contribution in [3.05, 3.63) is 0 Å². The monoisotopic (exact) mass is 240 g/mol. The van der Waals surface area contributed by atoms with Crippen LogP contribution in [0.15, 0.2) is 0 Å². The minimum absolute atomic E-state index is 0.607. The number of nitrogens with two attached hydrogens (primary N) is 1. The summed E-state index contributed by atoms with van der Waals surface area (Å²) in [4.78, 5) is 2.51. The van der Waals surface area contributed by atoms with Crippen molar-refractivity contribution in [2.45, 2.75) is 64.8 Å². The molecule has 102 valence electrons. The molecule has 0 spiro atoms. The Morgan fingerprint density at radius 2 is 1.59 bits per heavy atom. The van der Waals surface area contributed by atoms with Crippen molar-refractivity contribution >= 4 is 0 Å². The van der Waals surface area contributed by atoms with Crippen LogP contribution < -0.4 is 5.73 Å². The maximum absolute atomic E-state index is 6.03. The zero-order valence-corrected chi connectivity index (χ0v) is 12.1. The Kier molecular flexibility index (Phi) is 7.14. The summed E-state index contributed by atoms with van der Waals surface area (Å²) < 4.78 is 0. The Bertz CT molecular complexity index is 183. The van der Waals surface area contributed by atoms with E-state index in [9.17, 15) is 0 Å². The van der Waals surface area contributed by atoms with E-state index in [4.69, 9.17) is 5.73 Å². The van der Waals surface area contributed by atoms with Gasteiger partial charge in [-0.1, -0.05) is 46.0 Å². The minimum atomic E-state index is 0.607. The van der Waals surface area contributed by atoms with E-state index in [-0.39, 0.29) is 0 Å². The fourth-order valence-corrected chi connectivity index (χ4v) is 3.32. The molecule has 2 heteroatoms. The summed E-state index contributed by atoms with van der Waals surface area (Å²) in [6.07, 6.45) is 9.92. The van der Waals surface area contributed by atoms with Crippen LogP contribution in [0.3, 0.4) is 0 Å². The first-order chi connectivity index (χ1) is 8.15. The highest BCUT2D eigenvalue weighted by molar-refractivity contribution is 4.80. The van der Waals surface area contributed by atoms with Crippen molar-refractivity contribution in [2.24, 2.45) is 17.6 Å². The SMILES string of the molecule is CC(C)CN(C)C(CN)C1CCCCCCC1. The van der Waals surface area contributed by atoms with Crippen molar-refractivity contribution in [1.82, 2.24) is 4.90 Å². The molecule has 0 aromatic heterocycles. The molecule has 0 aromatic carbocycles. The van der Waals surface area contributed by atoms with Gasteiger partial charge in [-0.15, -0.1) is 0 Å². The molecule has 1 fully saturated rings. The van der Waals surface area contributed by atoms with E-state index in [1.807, 2.05) is 0 Å². The van der Waals surface area contributed by atoms with Gasteiger partial charge in [0.05, 0.1) is 0 Å². The van der Waals surface area contributed by atoms with Crippen LogP contribution in [0.25, 0.3) is 0 Å². The molecule has 2 N–H and O–H groups in total. The lowest BCUT2D eigenvalue weighted by molar-refractivity contribution is 0.143. The lowest BCUT2D eigenvalue weighted by Gasteiger charge is -2.35. The van der Waals surface area contributed by atoms with Crippen molar-refractivity contribution in [1.29, 1.82) is 0 Å². The van der Waals surface area contributed by atoms with E-state index in [1.165, 1.54) is 51.5 Å². The summed E-state index contributed by atoms with van der Waals surface area (Å²) in [7, 11) is 2.26. The second kappa shape index (κ2) is 8.10. The van der Waals surface area contributed by atoms with Gasteiger partial charge in [-0.3, -0.25) is 0 Å². The number of nitrogens with zero attached hydrogens (tertiary/aromatic N) is 1. The Hall–Kier alpha value is -0.0800. The molecule has 1 unspecified atom stereocenters. The van der Waals surface area contributed by atoms with Gasteiger partial charge in [0.15, 0.2) is 0 Å². The topological polar surface area (TPSA) is 29.3 Å². The predicted octanol–water partition coefficient (Wildman–Crippen LogP) is 3.26. The van der Waals surface area contributed by atoms with Gasteiger partial charge in [0.2, 0.25) is 0 Å². The van der Waals surface area contributed by atoms with Crippen LogP contribution in [-0.2, 0) is 0 Å². The van der Waals surface area contributed by atoms with Gasteiger partial charge in [-0.25, -0.2) is 0 Å². The standard InChI is InChI=1S/C15H32N2/c1-13(2)12-17(3)15(11-16)14-9-7-5-4-6-8-10-14/h13-15H,4-12,16H2,1-3H3. The molecule has 1 aliphatic carbocycles. The van der Waals surface area contributed by atoms with Crippen LogP contribution in [0.5, 0.6) is 0 Å². The van der Waals surface area contributed by atoms with E-state index in [1.54, 1.807) is 0 Å². The summed E-state index contributed by atoms with van der Waals surface area (Å²) in [6.45, 7) is 6.59. The second-order valence-electron chi connectivity index (χ2n) is 6.24. The molecule has 0 heterocycles. The highest BCUT2D eigenvalue weighted by Crippen LogP contribution is 2.27. The first-order valence-electron chi connectivity index (χ1n) is 7.55. The van der Waals surface area contributed by atoms with Gasteiger partial charge in [-0.05, 0) is 31.7 Å². The average Bonchev–Trinajstić information content (AvgIpc) is 2.20. The Balaban J connectivity index is 2.50. The first-order valence-corrected chi connectivity index (χ1v) is 7.55. The molecule has 17 heavy (non-hydrogen) atoms. The predicted molar refractivity (Wildman–Crippen MR) is 76.1 cm³/mol. The molecular weight excluding hydrogens is 208 g/mol. The van der Waals surface area contributed by atoms with E-state index in [0.29, 0.717) is 6.04 Å². The fraction of sp³-hybridized carbons (Fsp3) is 1.00. The molecule has 1 atom stereocenters. The van der Waals surface area contributed by atoms with E-state index >= 15 is 0 Å². The molecule has 0 amide bonds. The molecule has 0 aromatic rings. The quantitative estimate of drug-likeness (QED) is 0.799. The van der Waals surface area contributed by atoms with Crippen LogP contribution >= 0.6 is 0 Å². The van der Waals surface area contributed by atoms with Gasteiger partial charge in [-0.2, -0.15) is 0 Å². The third-order valence-corrected chi connectivity index (χ3v) is 4.15. The lowest BCUT2D eigenvalue weighted by Crippen LogP contribution is -2.45. The first kappa shape index (κ1) is 15.0. The maximum Gasteiger partial charge on any atom is 0.0243 e.